The van der Waals surface area contributed by atoms with Gasteiger partial charge < -0.3 is 15.6 Å². The van der Waals surface area contributed by atoms with Crippen LogP contribution >= 0.6 is 0 Å². The Bertz CT molecular complexity index is 437. The lowest BCUT2D eigenvalue weighted by molar-refractivity contribution is -0.192. The zero-order valence-corrected chi connectivity index (χ0v) is 10.1. The van der Waals surface area contributed by atoms with Gasteiger partial charge in [0.15, 0.2) is 11.6 Å². The topological polar surface area (TPSA) is 72.5 Å². The molecule has 0 fully saturated rings. The predicted octanol–water partition coefficient (Wildman–Crippen LogP) is 2.33. The molecule has 0 bridgehead atoms. The quantitative estimate of drug-likeness (QED) is 0.661. The van der Waals surface area contributed by atoms with Crippen LogP contribution in [0.2, 0.25) is 0 Å². The van der Waals surface area contributed by atoms with Crippen molar-refractivity contribution < 1.29 is 36.6 Å². The molecule has 0 aromatic heterocycles. The molecule has 1 rings (SSSR count). The van der Waals surface area contributed by atoms with Gasteiger partial charge in [0.1, 0.15) is 5.82 Å². The van der Waals surface area contributed by atoms with Gasteiger partial charge in [-0.3, -0.25) is 0 Å². The predicted molar refractivity (Wildman–Crippen MR) is 59.2 cm³/mol. The highest BCUT2D eigenvalue weighted by atomic mass is 19.4. The molecule has 20 heavy (non-hydrogen) atoms. The molecule has 0 aliphatic heterocycles. The molecule has 4 nitrogen and oxygen atoms in total. The summed E-state index contributed by atoms with van der Waals surface area (Å²) in [5.41, 5.74) is 5.22. The van der Waals surface area contributed by atoms with Gasteiger partial charge >= 0.3 is 12.1 Å². The van der Waals surface area contributed by atoms with Crippen LogP contribution in [0.1, 0.15) is 6.42 Å². The number of hydrogen-bond donors (Lipinski definition) is 2. The Morgan fingerprint density at radius 1 is 1.30 bits per heavy atom. The highest BCUT2D eigenvalue weighted by Gasteiger charge is 2.38. The summed E-state index contributed by atoms with van der Waals surface area (Å²) < 4.78 is 62.0. The molecule has 0 unspecified atom stereocenters. The van der Waals surface area contributed by atoms with Crippen LogP contribution in [0.4, 0.5) is 22.0 Å². The number of benzene rings is 1. The lowest BCUT2D eigenvalue weighted by Crippen LogP contribution is -2.21. The SMILES string of the molecule is NCCCOc1ccc(F)cc1F.O=C(O)C(F)(F)F. The van der Waals surface area contributed by atoms with Crippen LogP contribution < -0.4 is 10.5 Å². The van der Waals surface area contributed by atoms with Gasteiger partial charge in [0.05, 0.1) is 6.61 Å². The van der Waals surface area contributed by atoms with Gasteiger partial charge in [0.2, 0.25) is 0 Å². The highest BCUT2D eigenvalue weighted by molar-refractivity contribution is 5.73. The van der Waals surface area contributed by atoms with Gasteiger partial charge in [-0.25, -0.2) is 13.6 Å². The van der Waals surface area contributed by atoms with Crippen LogP contribution in [0.5, 0.6) is 5.75 Å². The zero-order valence-electron chi connectivity index (χ0n) is 10.1. The molecule has 1 aromatic rings. The molecule has 9 heteroatoms. The number of ether oxygens (including phenoxy) is 1. The van der Waals surface area contributed by atoms with Gasteiger partial charge in [-0.1, -0.05) is 0 Å². The summed E-state index contributed by atoms with van der Waals surface area (Å²) in [6, 6.07) is 3.21. The molecule has 0 atom stereocenters. The summed E-state index contributed by atoms with van der Waals surface area (Å²) in [5.74, 6) is -3.98. The fraction of sp³-hybridized carbons (Fsp3) is 0.364. The standard InChI is InChI=1S/C9H11F2NO.C2HF3O2/c10-7-2-3-9(8(11)6-7)13-5-1-4-12;3-2(4,5)1(6)7/h2-3,6H,1,4-5,12H2;(H,6,7). The second-order valence-electron chi connectivity index (χ2n) is 3.37. The van der Waals surface area contributed by atoms with Gasteiger partial charge in [-0.2, -0.15) is 13.2 Å². The van der Waals surface area contributed by atoms with E-state index in [0.717, 1.165) is 12.1 Å². The molecule has 0 aliphatic carbocycles. The maximum absolute atomic E-state index is 12.9. The Hall–Kier alpha value is -1.90. The molecular weight excluding hydrogens is 289 g/mol. The van der Waals surface area contributed by atoms with E-state index in [-0.39, 0.29) is 5.75 Å². The molecular formula is C11H12F5NO3. The largest absolute Gasteiger partial charge is 0.490 e. The molecule has 3 N–H and O–H groups in total. The van der Waals surface area contributed by atoms with E-state index in [1.54, 1.807) is 0 Å². The van der Waals surface area contributed by atoms with Crippen molar-refractivity contribution in [1.29, 1.82) is 0 Å². The van der Waals surface area contributed by atoms with Crippen molar-refractivity contribution in [2.45, 2.75) is 12.6 Å². The number of alkyl halides is 3. The van der Waals surface area contributed by atoms with Crippen molar-refractivity contribution in [2.24, 2.45) is 5.73 Å². The molecule has 0 heterocycles. The van der Waals surface area contributed by atoms with E-state index in [9.17, 15) is 22.0 Å². The first kappa shape index (κ1) is 18.1. The monoisotopic (exact) mass is 301 g/mol. The molecule has 114 valence electrons. The van der Waals surface area contributed by atoms with Crippen LogP contribution in [0.15, 0.2) is 18.2 Å². The lowest BCUT2D eigenvalue weighted by atomic mass is 10.3. The zero-order chi connectivity index (χ0) is 15.8. The van der Waals surface area contributed by atoms with Gasteiger partial charge in [-0.05, 0) is 25.1 Å². The van der Waals surface area contributed by atoms with E-state index in [1.165, 1.54) is 6.07 Å². The molecule has 0 spiro atoms. The lowest BCUT2D eigenvalue weighted by Gasteiger charge is -2.05. The third-order valence-electron chi connectivity index (χ3n) is 1.74. The maximum Gasteiger partial charge on any atom is 0.490 e. The third-order valence-corrected chi connectivity index (χ3v) is 1.74. The average molecular weight is 301 g/mol. The van der Waals surface area contributed by atoms with Crippen LogP contribution in [-0.4, -0.2) is 30.4 Å². The number of halogens is 5. The van der Waals surface area contributed by atoms with E-state index < -0.39 is 23.8 Å². The van der Waals surface area contributed by atoms with E-state index in [2.05, 4.69) is 0 Å². The van der Waals surface area contributed by atoms with Crippen molar-refractivity contribution in [3.05, 3.63) is 29.8 Å². The number of carbonyl (C=O) groups is 1. The highest BCUT2D eigenvalue weighted by Crippen LogP contribution is 2.17. The number of carboxylic acids is 1. The first-order valence-corrected chi connectivity index (χ1v) is 5.26. The van der Waals surface area contributed by atoms with E-state index in [1.807, 2.05) is 0 Å². The van der Waals surface area contributed by atoms with Crippen LogP contribution in [0.25, 0.3) is 0 Å². The van der Waals surface area contributed by atoms with Gasteiger partial charge in [0, 0.05) is 6.07 Å². The average Bonchev–Trinajstić information content (AvgIpc) is 2.32. The molecule has 1 aromatic carbocycles. The maximum atomic E-state index is 12.9. The third kappa shape index (κ3) is 7.52. The fourth-order valence-electron chi connectivity index (χ4n) is 0.858. The minimum atomic E-state index is -5.08. The summed E-state index contributed by atoms with van der Waals surface area (Å²) in [6.07, 6.45) is -4.43. The minimum Gasteiger partial charge on any atom is -0.490 e. The van der Waals surface area contributed by atoms with Crippen LogP contribution in [0, 0.1) is 11.6 Å². The minimum absolute atomic E-state index is 0.0647. The Balaban J connectivity index is 0.000000441. The summed E-state index contributed by atoms with van der Waals surface area (Å²) in [6.45, 7) is 0.835. The second-order valence-corrected chi connectivity index (χ2v) is 3.37. The Labute approximate surface area is 110 Å². The van der Waals surface area contributed by atoms with Gasteiger partial charge in [0.25, 0.3) is 0 Å². The number of carboxylic acid groups (broad SMARTS) is 1. The fourth-order valence-corrected chi connectivity index (χ4v) is 0.858. The van der Waals surface area contributed by atoms with Crippen LogP contribution in [-0.2, 0) is 4.79 Å². The molecule has 0 aliphatic rings. The number of hydrogen-bond acceptors (Lipinski definition) is 3. The van der Waals surface area contributed by atoms with E-state index >= 15 is 0 Å². The Kier molecular flexibility index (Phi) is 7.52. The van der Waals surface area contributed by atoms with E-state index in [0.29, 0.717) is 19.6 Å². The molecule has 0 saturated heterocycles. The molecule has 0 radical (unpaired) electrons. The summed E-state index contributed by atoms with van der Waals surface area (Å²) in [5, 5.41) is 7.12. The van der Waals surface area contributed by atoms with Crippen molar-refractivity contribution in [3.8, 4) is 5.75 Å². The normalized spacial score (nSPS) is 10.5. The van der Waals surface area contributed by atoms with Crippen molar-refractivity contribution in [1.82, 2.24) is 0 Å². The molecule has 0 amide bonds. The van der Waals surface area contributed by atoms with Crippen molar-refractivity contribution in [3.63, 3.8) is 0 Å². The summed E-state index contributed by atoms with van der Waals surface area (Å²) in [7, 11) is 0. The smallest absolute Gasteiger partial charge is 0.490 e. The van der Waals surface area contributed by atoms with E-state index in [4.69, 9.17) is 20.4 Å². The Morgan fingerprint density at radius 3 is 2.25 bits per heavy atom. The molecule has 0 saturated carbocycles. The number of aliphatic carboxylic acids is 1. The first-order chi connectivity index (χ1) is 9.18. The summed E-state index contributed by atoms with van der Waals surface area (Å²) >= 11 is 0. The number of rotatable bonds is 4. The summed E-state index contributed by atoms with van der Waals surface area (Å²) in [4.78, 5) is 8.90. The Morgan fingerprint density at radius 2 is 1.85 bits per heavy atom. The van der Waals surface area contributed by atoms with Crippen molar-refractivity contribution in [2.75, 3.05) is 13.2 Å². The van der Waals surface area contributed by atoms with Crippen LogP contribution in [0.3, 0.4) is 0 Å². The number of nitrogens with two attached hydrogens (primary N) is 1. The van der Waals surface area contributed by atoms with Crippen molar-refractivity contribution >= 4 is 5.97 Å². The second kappa shape index (κ2) is 8.31. The van der Waals surface area contributed by atoms with Gasteiger partial charge in [-0.15, -0.1) is 0 Å². The first-order valence-electron chi connectivity index (χ1n) is 5.26.